The molecule has 1 aromatic heterocycles. The molecular formula is C17H23N5OS. The summed E-state index contributed by atoms with van der Waals surface area (Å²) < 4.78 is 1.68. The van der Waals surface area contributed by atoms with Gasteiger partial charge in [0.05, 0.1) is 10.9 Å². The first-order chi connectivity index (χ1) is 11.6. The van der Waals surface area contributed by atoms with Crippen LogP contribution in [0, 0.1) is 0 Å². The summed E-state index contributed by atoms with van der Waals surface area (Å²) in [6.45, 7) is 6.21. The van der Waals surface area contributed by atoms with E-state index in [2.05, 4.69) is 29.4 Å². The number of benzene rings is 1. The zero-order valence-corrected chi connectivity index (χ0v) is 15.1. The molecule has 0 unspecified atom stereocenters. The van der Waals surface area contributed by atoms with E-state index >= 15 is 0 Å². The predicted molar refractivity (Wildman–Crippen MR) is 94.1 cm³/mol. The Balaban J connectivity index is 1.75. The van der Waals surface area contributed by atoms with Crippen molar-refractivity contribution in [2.24, 2.45) is 0 Å². The molecule has 2 aromatic rings. The number of nitrogens with zero attached hydrogens (tertiary/aromatic N) is 5. The predicted octanol–water partition coefficient (Wildman–Crippen LogP) is 2.93. The fourth-order valence-corrected chi connectivity index (χ4v) is 4.12. The SMILES string of the molecule is C[C@@H]1CCC[C@@H](C)N1C(=O)[C@@H](C)Sc1nnnn1-c1ccccc1. The Bertz CT molecular complexity index is 679. The van der Waals surface area contributed by atoms with Gasteiger partial charge in [0, 0.05) is 12.1 Å². The van der Waals surface area contributed by atoms with E-state index in [1.807, 2.05) is 42.2 Å². The van der Waals surface area contributed by atoms with Gasteiger partial charge < -0.3 is 4.90 Å². The minimum atomic E-state index is -0.221. The van der Waals surface area contributed by atoms with Gasteiger partial charge in [-0.15, -0.1) is 5.10 Å². The Labute approximate surface area is 146 Å². The number of amides is 1. The van der Waals surface area contributed by atoms with Gasteiger partial charge in [-0.25, -0.2) is 0 Å². The van der Waals surface area contributed by atoms with Gasteiger partial charge in [0.15, 0.2) is 0 Å². The van der Waals surface area contributed by atoms with Crippen LogP contribution in [0.25, 0.3) is 5.69 Å². The molecule has 3 rings (SSSR count). The molecule has 1 amide bonds. The van der Waals surface area contributed by atoms with Crippen molar-refractivity contribution in [3.8, 4) is 5.69 Å². The highest BCUT2D eigenvalue weighted by Gasteiger charge is 2.32. The minimum absolute atomic E-state index is 0.169. The first kappa shape index (κ1) is 17.0. The smallest absolute Gasteiger partial charge is 0.236 e. The maximum atomic E-state index is 12.9. The number of carbonyl (C=O) groups excluding carboxylic acids is 1. The number of thioether (sulfide) groups is 1. The Kier molecular flexibility index (Phi) is 5.18. The number of likely N-dealkylation sites (tertiary alicyclic amines) is 1. The van der Waals surface area contributed by atoms with Crippen LogP contribution >= 0.6 is 11.8 Å². The molecule has 0 saturated carbocycles. The van der Waals surface area contributed by atoms with Crippen molar-refractivity contribution in [3.63, 3.8) is 0 Å². The van der Waals surface area contributed by atoms with Crippen LogP contribution in [0.1, 0.15) is 40.0 Å². The van der Waals surface area contributed by atoms with Gasteiger partial charge in [-0.3, -0.25) is 4.79 Å². The molecule has 1 aliphatic heterocycles. The number of hydrogen-bond donors (Lipinski definition) is 0. The molecule has 3 atom stereocenters. The van der Waals surface area contributed by atoms with E-state index in [1.54, 1.807) is 4.68 Å². The Hall–Kier alpha value is -1.89. The maximum Gasteiger partial charge on any atom is 0.236 e. The van der Waals surface area contributed by atoms with E-state index in [9.17, 15) is 4.79 Å². The molecule has 2 heterocycles. The monoisotopic (exact) mass is 345 g/mol. The zero-order chi connectivity index (χ0) is 17.1. The number of tetrazole rings is 1. The molecule has 6 nitrogen and oxygen atoms in total. The third kappa shape index (κ3) is 3.45. The van der Waals surface area contributed by atoms with Crippen LogP contribution in [0.2, 0.25) is 0 Å². The van der Waals surface area contributed by atoms with Crippen LogP contribution in [0.15, 0.2) is 35.5 Å². The number of rotatable bonds is 4. The quantitative estimate of drug-likeness (QED) is 0.797. The summed E-state index contributed by atoms with van der Waals surface area (Å²) in [5, 5.41) is 12.3. The van der Waals surface area contributed by atoms with Crippen LogP contribution in [0.5, 0.6) is 0 Å². The van der Waals surface area contributed by atoms with Crippen LogP contribution in [0.4, 0.5) is 0 Å². The molecule has 7 heteroatoms. The van der Waals surface area contributed by atoms with Crippen molar-refractivity contribution in [1.82, 2.24) is 25.1 Å². The van der Waals surface area contributed by atoms with Crippen molar-refractivity contribution in [2.45, 2.75) is 62.5 Å². The second-order valence-corrected chi connectivity index (χ2v) is 7.65. The lowest BCUT2D eigenvalue weighted by atomic mass is 9.97. The first-order valence-corrected chi connectivity index (χ1v) is 9.28. The lowest BCUT2D eigenvalue weighted by molar-refractivity contribution is -0.136. The summed E-state index contributed by atoms with van der Waals surface area (Å²) in [6, 6.07) is 10.3. The fraction of sp³-hybridized carbons (Fsp3) is 0.529. The van der Waals surface area contributed by atoms with Crippen LogP contribution in [0.3, 0.4) is 0 Å². The van der Waals surface area contributed by atoms with Crippen molar-refractivity contribution in [1.29, 1.82) is 0 Å². The van der Waals surface area contributed by atoms with E-state index in [-0.39, 0.29) is 11.2 Å². The summed E-state index contributed by atoms with van der Waals surface area (Å²) in [5.74, 6) is 0.169. The molecule has 0 N–H and O–H groups in total. The van der Waals surface area contributed by atoms with Gasteiger partial charge in [-0.05, 0) is 62.6 Å². The van der Waals surface area contributed by atoms with Gasteiger partial charge in [-0.1, -0.05) is 30.0 Å². The highest BCUT2D eigenvalue weighted by atomic mass is 32.2. The molecule has 1 aromatic carbocycles. The second-order valence-electron chi connectivity index (χ2n) is 6.34. The van der Waals surface area contributed by atoms with Crippen molar-refractivity contribution < 1.29 is 4.79 Å². The molecule has 0 radical (unpaired) electrons. The molecule has 24 heavy (non-hydrogen) atoms. The largest absolute Gasteiger partial charge is 0.336 e. The van der Waals surface area contributed by atoms with Crippen molar-refractivity contribution in [2.75, 3.05) is 0 Å². The van der Waals surface area contributed by atoms with Gasteiger partial charge in [0.25, 0.3) is 0 Å². The third-order valence-corrected chi connectivity index (χ3v) is 5.54. The Morgan fingerprint density at radius 2 is 1.88 bits per heavy atom. The summed E-state index contributed by atoms with van der Waals surface area (Å²) in [6.07, 6.45) is 3.35. The number of carbonyl (C=O) groups is 1. The highest BCUT2D eigenvalue weighted by Crippen LogP contribution is 2.29. The molecule has 0 spiro atoms. The van der Waals surface area contributed by atoms with E-state index in [0.717, 1.165) is 18.5 Å². The highest BCUT2D eigenvalue weighted by molar-refractivity contribution is 8.00. The molecule has 1 saturated heterocycles. The zero-order valence-electron chi connectivity index (χ0n) is 14.3. The Morgan fingerprint density at radius 3 is 2.54 bits per heavy atom. The topological polar surface area (TPSA) is 63.9 Å². The van der Waals surface area contributed by atoms with E-state index < -0.39 is 0 Å². The number of aromatic nitrogens is 4. The molecule has 0 bridgehead atoms. The number of piperidine rings is 1. The Morgan fingerprint density at radius 1 is 1.21 bits per heavy atom. The third-order valence-electron chi connectivity index (χ3n) is 4.52. The number of para-hydroxylation sites is 1. The first-order valence-electron chi connectivity index (χ1n) is 8.40. The summed E-state index contributed by atoms with van der Waals surface area (Å²) in [5.41, 5.74) is 0.893. The standard InChI is InChI=1S/C17H23N5OS/c1-12-8-7-9-13(2)21(12)16(23)14(3)24-17-18-19-20-22(17)15-10-5-4-6-11-15/h4-6,10-14H,7-9H2,1-3H3/t12-,13-,14-/m1/s1. The average molecular weight is 345 g/mol. The van der Waals surface area contributed by atoms with E-state index in [4.69, 9.17) is 0 Å². The minimum Gasteiger partial charge on any atom is -0.336 e. The van der Waals surface area contributed by atoms with E-state index in [0.29, 0.717) is 17.2 Å². The molecule has 1 aliphatic rings. The van der Waals surface area contributed by atoms with Crippen molar-refractivity contribution >= 4 is 17.7 Å². The lowest BCUT2D eigenvalue weighted by Gasteiger charge is -2.40. The lowest BCUT2D eigenvalue weighted by Crippen LogP contribution is -2.50. The van der Waals surface area contributed by atoms with Gasteiger partial charge >= 0.3 is 0 Å². The summed E-state index contributed by atoms with van der Waals surface area (Å²) >= 11 is 1.41. The maximum absolute atomic E-state index is 12.9. The van der Waals surface area contributed by atoms with Gasteiger partial charge in [-0.2, -0.15) is 4.68 Å². The normalized spacial score (nSPS) is 22.4. The fourth-order valence-electron chi connectivity index (χ4n) is 3.26. The van der Waals surface area contributed by atoms with Gasteiger partial charge in [0.2, 0.25) is 11.1 Å². The summed E-state index contributed by atoms with van der Waals surface area (Å²) in [4.78, 5) is 15.0. The van der Waals surface area contributed by atoms with E-state index in [1.165, 1.54) is 18.2 Å². The average Bonchev–Trinajstić information content (AvgIpc) is 3.03. The van der Waals surface area contributed by atoms with Gasteiger partial charge in [0.1, 0.15) is 0 Å². The molecule has 1 fully saturated rings. The molecule has 0 aliphatic carbocycles. The van der Waals surface area contributed by atoms with Crippen LogP contribution in [-0.2, 0) is 4.79 Å². The second kappa shape index (κ2) is 7.34. The molecular weight excluding hydrogens is 322 g/mol. The molecule has 128 valence electrons. The summed E-state index contributed by atoms with van der Waals surface area (Å²) in [7, 11) is 0. The van der Waals surface area contributed by atoms with Crippen LogP contribution < -0.4 is 0 Å². The van der Waals surface area contributed by atoms with Crippen LogP contribution in [-0.4, -0.2) is 48.3 Å². The number of hydrogen-bond acceptors (Lipinski definition) is 5. The van der Waals surface area contributed by atoms with Crippen molar-refractivity contribution in [3.05, 3.63) is 30.3 Å².